The van der Waals surface area contributed by atoms with E-state index in [0.29, 0.717) is 72.4 Å². The van der Waals surface area contributed by atoms with Crippen LogP contribution in [0.5, 0.6) is 0 Å². The molecule has 2 aromatic heterocycles. The number of aliphatic carboxylic acids is 1. The number of ketones is 1. The van der Waals surface area contributed by atoms with E-state index in [0.717, 1.165) is 18.2 Å². The molecule has 2 fully saturated rings. The van der Waals surface area contributed by atoms with Gasteiger partial charge in [0.25, 0.3) is 0 Å². The number of aryl methyl sites for hydroxylation is 1. The molecule has 1 unspecified atom stereocenters. The summed E-state index contributed by atoms with van der Waals surface area (Å²) in [6, 6.07) is 9.69. The molecule has 0 spiro atoms. The number of hydrogen-bond acceptors (Lipinski definition) is 6. The number of carboxylic acids is 1. The summed E-state index contributed by atoms with van der Waals surface area (Å²) in [4.78, 5) is 30.9. The standard InChI is InChI=1S/C30H31F2N3O5/c1-34-17-23(22-10-7-20(31)16-25(22)34)28-33-24-11-4-18(14-26(24)39-28)15-27(36)30(32,35-12-2-3-13-35)40-21-8-5-19(6-9-21)29(37)38/h4,7,10-11,14,16-17,19,21H,2-3,5-6,8-9,12-13,15H2,1H3,(H,37,38)/t19-,21-,30?. The summed E-state index contributed by atoms with van der Waals surface area (Å²) in [6.07, 6.45) is 4.28. The zero-order valence-electron chi connectivity index (χ0n) is 22.2. The van der Waals surface area contributed by atoms with Crippen LogP contribution in [-0.2, 0) is 27.8 Å². The molecule has 6 rings (SSSR count). The molecule has 8 nitrogen and oxygen atoms in total. The zero-order valence-corrected chi connectivity index (χ0v) is 22.2. The minimum absolute atomic E-state index is 0.197. The number of aromatic nitrogens is 2. The lowest BCUT2D eigenvalue weighted by atomic mass is 9.87. The molecule has 1 aliphatic heterocycles. The van der Waals surface area contributed by atoms with Gasteiger partial charge in [0, 0.05) is 38.1 Å². The van der Waals surface area contributed by atoms with Crippen molar-refractivity contribution in [1.29, 1.82) is 0 Å². The summed E-state index contributed by atoms with van der Waals surface area (Å²) in [5.74, 6) is -4.53. The number of nitrogens with zero attached hydrogens (tertiary/aromatic N) is 3. The Labute approximate surface area is 229 Å². The minimum atomic E-state index is -2.57. The number of hydrogen-bond donors (Lipinski definition) is 1. The Bertz CT molecular complexity index is 1580. The Morgan fingerprint density at radius 3 is 2.60 bits per heavy atom. The summed E-state index contributed by atoms with van der Waals surface area (Å²) < 4.78 is 44.0. The van der Waals surface area contributed by atoms with Gasteiger partial charge in [0.1, 0.15) is 11.3 Å². The van der Waals surface area contributed by atoms with Gasteiger partial charge in [0.2, 0.25) is 11.7 Å². The number of halogens is 2. The number of ether oxygens (including phenoxy) is 1. The summed E-state index contributed by atoms with van der Waals surface area (Å²) >= 11 is 0. The van der Waals surface area contributed by atoms with Gasteiger partial charge in [-0.05, 0) is 74.4 Å². The van der Waals surface area contributed by atoms with Crippen LogP contribution in [0.2, 0.25) is 0 Å². The fourth-order valence-corrected chi connectivity index (χ4v) is 5.99. The van der Waals surface area contributed by atoms with Crippen molar-refractivity contribution >= 4 is 33.8 Å². The first-order valence-electron chi connectivity index (χ1n) is 13.7. The Balaban J connectivity index is 1.23. The quantitative estimate of drug-likeness (QED) is 0.284. The van der Waals surface area contributed by atoms with Crippen molar-refractivity contribution in [3.05, 3.63) is 54.0 Å². The molecular weight excluding hydrogens is 520 g/mol. The topological polar surface area (TPSA) is 97.8 Å². The second-order valence-electron chi connectivity index (χ2n) is 10.9. The van der Waals surface area contributed by atoms with Crippen molar-refractivity contribution in [2.24, 2.45) is 13.0 Å². The van der Waals surface area contributed by atoms with Gasteiger partial charge in [-0.3, -0.25) is 9.59 Å². The maximum atomic E-state index is 16.5. The molecule has 1 saturated carbocycles. The van der Waals surface area contributed by atoms with Crippen LogP contribution in [-0.4, -0.2) is 56.5 Å². The van der Waals surface area contributed by atoms with Gasteiger partial charge in [0.05, 0.1) is 23.1 Å². The molecular formula is C30H31F2N3O5. The molecule has 1 saturated heterocycles. The molecule has 3 heterocycles. The monoisotopic (exact) mass is 551 g/mol. The van der Waals surface area contributed by atoms with Crippen molar-refractivity contribution in [2.75, 3.05) is 13.1 Å². The molecule has 40 heavy (non-hydrogen) atoms. The molecule has 2 aromatic carbocycles. The maximum absolute atomic E-state index is 16.5. The number of rotatable bonds is 8. The number of oxazole rings is 1. The number of alkyl halides is 1. The fourth-order valence-electron chi connectivity index (χ4n) is 5.99. The Hall–Kier alpha value is -3.63. The first-order valence-corrected chi connectivity index (χ1v) is 13.7. The third-order valence-electron chi connectivity index (χ3n) is 8.20. The number of carboxylic acid groups (broad SMARTS) is 1. The molecule has 1 aliphatic carbocycles. The maximum Gasteiger partial charge on any atom is 0.330 e. The van der Waals surface area contributed by atoms with E-state index >= 15 is 4.39 Å². The number of likely N-dealkylation sites (tertiary alicyclic amines) is 1. The van der Waals surface area contributed by atoms with Crippen LogP contribution in [0.25, 0.3) is 33.5 Å². The second kappa shape index (κ2) is 10.4. The highest BCUT2D eigenvalue weighted by atomic mass is 19.2. The van der Waals surface area contributed by atoms with E-state index in [-0.39, 0.29) is 12.2 Å². The highest BCUT2D eigenvalue weighted by molar-refractivity contribution is 5.95. The van der Waals surface area contributed by atoms with Crippen LogP contribution in [0.4, 0.5) is 8.78 Å². The van der Waals surface area contributed by atoms with Gasteiger partial charge >= 0.3 is 11.9 Å². The summed E-state index contributed by atoms with van der Waals surface area (Å²) in [5, 5.41) is 10.1. The van der Waals surface area contributed by atoms with Crippen molar-refractivity contribution in [3.63, 3.8) is 0 Å². The van der Waals surface area contributed by atoms with Crippen LogP contribution in [0.1, 0.15) is 44.1 Å². The van der Waals surface area contributed by atoms with Gasteiger partial charge in [0.15, 0.2) is 5.58 Å². The van der Waals surface area contributed by atoms with Crippen LogP contribution >= 0.6 is 0 Å². The number of benzene rings is 2. The number of fused-ring (bicyclic) bond motifs is 2. The van der Waals surface area contributed by atoms with E-state index in [2.05, 4.69) is 4.98 Å². The summed E-state index contributed by atoms with van der Waals surface area (Å²) in [7, 11) is 1.82. The minimum Gasteiger partial charge on any atom is -0.481 e. The highest BCUT2D eigenvalue weighted by Gasteiger charge is 2.48. The third kappa shape index (κ3) is 4.90. The van der Waals surface area contributed by atoms with Crippen LogP contribution in [0.3, 0.4) is 0 Å². The van der Waals surface area contributed by atoms with Gasteiger partial charge in [-0.25, -0.2) is 14.3 Å². The van der Waals surface area contributed by atoms with Crippen molar-refractivity contribution in [2.45, 2.75) is 57.0 Å². The average molecular weight is 552 g/mol. The van der Waals surface area contributed by atoms with Crippen molar-refractivity contribution < 1.29 is 32.6 Å². The number of carbonyl (C=O) groups excluding carboxylic acids is 1. The smallest absolute Gasteiger partial charge is 0.330 e. The van der Waals surface area contributed by atoms with Crippen molar-refractivity contribution in [3.8, 4) is 11.5 Å². The fraction of sp³-hybridized carbons (Fsp3) is 0.433. The van der Waals surface area contributed by atoms with Crippen LogP contribution < -0.4 is 0 Å². The molecule has 210 valence electrons. The molecule has 1 atom stereocenters. The lowest BCUT2D eigenvalue weighted by Gasteiger charge is -2.37. The molecule has 10 heteroatoms. The average Bonchev–Trinajstić information content (AvgIpc) is 3.68. The second-order valence-corrected chi connectivity index (χ2v) is 10.9. The first kappa shape index (κ1) is 26.6. The molecule has 2 aliphatic rings. The molecule has 0 radical (unpaired) electrons. The predicted octanol–water partition coefficient (Wildman–Crippen LogP) is 5.62. The number of carbonyl (C=O) groups is 2. The van der Waals surface area contributed by atoms with E-state index in [4.69, 9.17) is 9.15 Å². The summed E-state index contributed by atoms with van der Waals surface area (Å²) in [5.41, 5.74) is 3.04. The molecule has 0 bridgehead atoms. The Morgan fingerprint density at radius 1 is 1.12 bits per heavy atom. The normalized spacial score (nSPS) is 21.7. The zero-order chi connectivity index (χ0) is 28.0. The highest BCUT2D eigenvalue weighted by Crippen LogP contribution is 2.36. The van der Waals surface area contributed by atoms with Crippen molar-refractivity contribution in [1.82, 2.24) is 14.5 Å². The van der Waals surface area contributed by atoms with Crippen LogP contribution in [0, 0.1) is 11.7 Å². The van der Waals surface area contributed by atoms with E-state index in [1.54, 1.807) is 28.8 Å². The Morgan fingerprint density at radius 2 is 1.88 bits per heavy atom. The lowest BCUT2D eigenvalue weighted by molar-refractivity contribution is -0.252. The molecule has 0 amide bonds. The van der Waals surface area contributed by atoms with E-state index < -0.39 is 29.8 Å². The van der Waals surface area contributed by atoms with E-state index in [1.807, 2.05) is 13.2 Å². The molecule has 1 N–H and O–H groups in total. The largest absolute Gasteiger partial charge is 0.481 e. The lowest BCUT2D eigenvalue weighted by Crippen LogP contribution is -2.54. The third-order valence-corrected chi connectivity index (χ3v) is 8.20. The van der Waals surface area contributed by atoms with Crippen LogP contribution in [0.15, 0.2) is 47.0 Å². The number of Topliss-reactive ketones (excluding diaryl/α,β-unsaturated/α-hetero) is 1. The van der Waals surface area contributed by atoms with Gasteiger partial charge < -0.3 is 18.8 Å². The predicted molar refractivity (Wildman–Crippen MR) is 144 cm³/mol. The van der Waals surface area contributed by atoms with Gasteiger partial charge in [-0.2, -0.15) is 4.39 Å². The van der Waals surface area contributed by atoms with E-state index in [9.17, 15) is 19.1 Å². The van der Waals surface area contributed by atoms with E-state index in [1.165, 1.54) is 17.0 Å². The first-order chi connectivity index (χ1) is 19.2. The van der Waals surface area contributed by atoms with Gasteiger partial charge in [-0.15, -0.1) is 0 Å². The Kier molecular flexibility index (Phi) is 6.92. The SMILES string of the molecule is Cn1cc(-c2nc3ccc(CC(=O)C(F)(O[C@H]4CC[C@H](C(=O)O)CC4)N4CCCC4)cc3o2)c2ccc(F)cc21. The summed E-state index contributed by atoms with van der Waals surface area (Å²) in [6.45, 7) is 0.846. The van der Waals surface area contributed by atoms with Gasteiger partial charge in [-0.1, -0.05) is 6.07 Å². The molecule has 4 aromatic rings.